The van der Waals surface area contributed by atoms with Gasteiger partial charge in [0.05, 0.1) is 84.1 Å². The fourth-order valence-corrected chi connectivity index (χ4v) is 4.71. The molecule has 4 amide bonds. The minimum Gasteiger partial charge on any atom is -0.508 e. The van der Waals surface area contributed by atoms with Crippen LogP contribution in [0.25, 0.3) is 0 Å². The Morgan fingerprint density at radius 3 is 1.89 bits per heavy atom. The molecule has 1 aromatic carbocycles. The van der Waals surface area contributed by atoms with Crippen LogP contribution in [0.2, 0.25) is 0 Å². The van der Waals surface area contributed by atoms with Crippen molar-refractivity contribution in [1.82, 2.24) is 26.6 Å². The SMILES string of the molecule is COCCOCCOCC(=O)NCCOCCOCC(=O)NCCCC[C@H](NCC(=O)[C@@H](C)NC(=O)[C@@H](N)Cc1ccc(O)cc1)C(=O)CN[C@@H](CO)C(N)=O. The second-order valence-electron chi connectivity index (χ2n) is 12.6. The molecule has 0 aliphatic carbocycles. The zero-order chi connectivity index (χ0) is 41.6. The fourth-order valence-electron chi connectivity index (χ4n) is 4.71. The van der Waals surface area contributed by atoms with Crippen molar-refractivity contribution in [2.75, 3.05) is 99.4 Å². The molecule has 0 aliphatic rings. The number of aliphatic hydroxyl groups is 1. The third kappa shape index (κ3) is 24.4. The molecule has 56 heavy (non-hydrogen) atoms. The van der Waals surface area contributed by atoms with E-state index in [1.807, 2.05) is 0 Å². The second kappa shape index (κ2) is 31.0. The van der Waals surface area contributed by atoms with Gasteiger partial charge in [-0.3, -0.25) is 34.1 Å². The van der Waals surface area contributed by atoms with E-state index in [2.05, 4.69) is 26.6 Å². The molecule has 1 rings (SSSR count). The van der Waals surface area contributed by atoms with Gasteiger partial charge in [0.15, 0.2) is 11.6 Å². The Morgan fingerprint density at radius 2 is 1.29 bits per heavy atom. The van der Waals surface area contributed by atoms with Gasteiger partial charge >= 0.3 is 0 Å². The number of hydrogen-bond acceptors (Lipinski definition) is 16. The number of phenolic OH excluding ortho intramolecular Hbond substituents is 1. The number of carbonyl (C=O) groups excluding carboxylic acids is 6. The van der Waals surface area contributed by atoms with Crippen LogP contribution in [0, 0.1) is 0 Å². The molecule has 0 saturated carbocycles. The summed E-state index contributed by atoms with van der Waals surface area (Å²) in [7, 11) is 1.58. The van der Waals surface area contributed by atoms with E-state index in [0.717, 1.165) is 5.56 Å². The number of carbonyl (C=O) groups is 6. The van der Waals surface area contributed by atoms with Gasteiger partial charge in [-0.25, -0.2) is 0 Å². The van der Waals surface area contributed by atoms with Crippen molar-refractivity contribution in [1.29, 1.82) is 0 Å². The molecule has 0 fully saturated rings. The summed E-state index contributed by atoms with van der Waals surface area (Å²) in [6.45, 7) is 2.86. The van der Waals surface area contributed by atoms with E-state index in [-0.39, 0.29) is 83.1 Å². The van der Waals surface area contributed by atoms with Crippen molar-refractivity contribution in [3.8, 4) is 5.75 Å². The minimum absolute atomic E-state index is 0.0801. The molecule has 0 unspecified atom stereocenters. The number of rotatable bonds is 35. The molecule has 0 aliphatic heterocycles. The van der Waals surface area contributed by atoms with Crippen LogP contribution in [0.15, 0.2) is 24.3 Å². The molecule has 318 valence electrons. The summed E-state index contributed by atoms with van der Waals surface area (Å²) in [5, 5.41) is 32.3. The van der Waals surface area contributed by atoms with Crippen LogP contribution in [0.3, 0.4) is 0 Å². The van der Waals surface area contributed by atoms with E-state index >= 15 is 0 Å². The number of unbranched alkanes of at least 4 members (excludes halogenated alkanes) is 1. The first-order valence-electron chi connectivity index (χ1n) is 18.5. The minimum atomic E-state index is -1.13. The molecule has 0 heterocycles. The number of Topliss-reactive ketones (excluding diaryl/α,β-unsaturated/α-hetero) is 2. The zero-order valence-electron chi connectivity index (χ0n) is 32.4. The monoisotopic (exact) mass is 799 g/mol. The molecule has 20 nitrogen and oxygen atoms in total. The fraction of sp³-hybridized carbons (Fsp3) is 0.667. The van der Waals surface area contributed by atoms with Crippen molar-refractivity contribution in [3.63, 3.8) is 0 Å². The Morgan fingerprint density at radius 1 is 0.732 bits per heavy atom. The maximum atomic E-state index is 13.0. The summed E-state index contributed by atoms with van der Waals surface area (Å²) in [4.78, 5) is 73.9. The van der Waals surface area contributed by atoms with Crippen LogP contribution in [0.5, 0.6) is 5.75 Å². The zero-order valence-corrected chi connectivity index (χ0v) is 32.4. The highest BCUT2D eigenvalue weighted by atomic mass is 16.5. The number of benzene rings is 1. The van der Waals surface area contributed by atoms with Gasteiger partial charge in [0.2, 0.25) is 23.6 Å². The number of nitrogens with one attached hydrogen (secondary N) is 5. The Kier molecular flexibility index (Phi) is 27.6. The van der Waals surface area contributed by atoms with Crippen molar-refractivity contribution in [2.45, 2.75) is 56.8 Å². The number of primary amides is 1. The Bertz CT molecular complexity index is 1310. The highest BCUT2D eigenvalue weighted by Gasteiger charge is 2.24. The Balaban J connectivity index is 2.36. The van der Waals surface area contributed by atoms with Gasteiger partial charge in [0, 0.05) is 20.2 Å². The third-order valence-corrected chi connectivity index (χ3v) is 7.98. The summed E-state index contributed by atoms with van der Waals surface area (Å²) in [5.41, 5.74) is 12.0. The molecular formula is C36H61N7O13. The maximum absolute atomic E-state index is 13.0. The molecule has 20 heteroatoms. The summed E-state index contributed by atoms with van der Waals surface area (Å²) < 4.78 is 26.0. The van der Waals surface area contributed by atoms with Gasteiger partial charge in [-0.2, -0.15) is 0 Å². The first kappa shape index (κ1) is 49.9. The standard InChI is InChI=1S/C36H61N7O13/c1-25(43-36(51)28(37)19-26-6-8-27(45)9-7-26)31(46)20-41-29(32(47)21-42-30(22-44)35(38)50)5-3-4-10-39-33(48)23-55-17-15-53-12-11-40-34(49)24-56-18-16-54-14-13-52-2/h6-9,25,28-30,41-42,44-45H,3-5,10-24,37H2,1-2H3,(H2,38,50)(H,39,48)(H,40,49)(H,43,51)/t25-,28+,29+,30+/m1/s1. The van der Waals surface area contributed by atoms with Gasteiger partial charge in [0.25, 0.3) is 0 Å². The molecule has 4 atom stereocenters. The molecule has 0 aromatic heterocycles. The predicted molar refractivity (Wildman–Crippen MR) is 202 cm³/mol. The maximum Gasteiger partial charge on any atom is 0.246 e. The smallest absolute Gasteiger partial charge is 0.246 e. The third-order valence-electron chi connectivity index (χ3n) is 7.98. The topological polar surface area (TPSA) is 301 Å². The van der Waals surface area contributed by atoms with Gasteiger partial charge in [0.1, 0.15) is 25.0 Å². The van der Waals surface area contributed by atoms with Crippen LogP contribution >= 0.6 is 0 Å². The van der Waals surface area contributed by atoms with E-state index in [9.17, 15) is 39.0 Å². The Labute approximate surface area is 327 Å². The van der Waals surface area contributed by atoms with Crippen molar-refractivity contribution in [2.24, 2.45) is 11.5 Å². The first-order valence-corrected chi connectivity index (χ1v) is 18.5. The number of ether oxygens (including phenoxy) is 5. The average molecular weight is 800 g/mol. The normalized spacial score (nSPS) is 13.3. The van der Waals surface area contributed by atoms with Gasteiger partial charge in [-0.15, -0.1) is 0 Å². The lowest BCUT2D eigenvalue weighted by atomic mass is 10.0. The van der Waals surface area contributed by atoms with Crippen molar-refractivity contribution in [3.05, 3.63) is 29.8 Å². The lowest BCUT2D eigenvalue weighted by Crippen LogP contribution is -2.52. The average Bonchev–Trinajstić information content (AvgIpc) is 3.17. The first-order chi connectivity index (χ1) is 26.9. The summed E-state index contributed by atoms with van der Waals surface area (Å²) >= 11 is 0. The highest BCUT2D eigenvalue weighted by molar-refractivity contribution is 5.92. The molecule has 1 aromatic rings. The lowest BCUT2D eigenvalue weighted by molar-refractivity contribution is -0.128. The van der Waals surface area contributed by atoms with Crippen LogP contribution in [-0.2, 0) is 58.9 Å². The number of nitrogens with two attached hydrogens (primary N) is 2. The molecule has 0 bridgehead atoms. The Hall–Kier alpha value is -4.12. The number of aromatic hydroxyl groups is 1. The number of ketones is 2. The van der Waals surface area contributed by atoms with E-state index < -0.39 is 54.2 Å². The van der Waals surface area contributed by atoms with Crippen LogP contribution in [0.1, 0.15) is 31.7 Å². The molecule has 0 saturated heterocycles. The van der Waals surface area contributed by atoms with Crippen LogP contribution < -0.4 is 38.1 Å². The van der Waals surface area contributed by atoms with Gasteiger partial charge in [-0.1, -0.05) is 12.1 Å². The van der Waals surface area contributed by atoms with Crippen LogP contribution in [-0.4, -0.2) is 169 Å². The predicted octanol–water partition coefficient (Wildman–Crippen LogP) is -3.59. The number of amides is 4. The molecule has 11 N–H and O–H groups in total. The van der Waals surface area contributed by atoms with E-state index in [0.29, 0.717) is 45.8 Å². The number of methoxy groups -OCH3 is 1. The van der Waals surface area contributed by atoms with E-state index in [4.69, 9.17) is 35.2 Å². The summed E-state index contributed by atoms with van der Waals surface area (Å²) in [5.74, 6) is -2.72. The largest absolute Gasteiger partial charge is 0.508 e. The summed E-state index contributed by atoms with van der Waals surface area (Å²) in [6, 6.07) is 2.40. The summed E-state index contributed by atoms with van der Waals surface area (Å²) in [6.07, 6.45) is 1.42. The molecular weight excluding hydrogens is 738 g/mol. The van der Waals surface area contributed by atoms with Crippen molar-refractivity contribution < 1.29 is 62.7 Å². The van der Waals surface area contributed by atoms with E-state index in [1.165, 1.54) is 19.1 Å². The molecule has 0 spiro atoms. The van der Waals surface area contributed by atoms with Gasteiger partial charge in [-0.05, 0) is 50.3 Å². The van der Waals surface area contributed by atoms with E-state index in [1.54, 1.807) is 19.2 Å². The van der Waals surface area contributed by atoms with Gasteiger partial charge < -0.3 is 66.6 Å². The number of aliphatic hydroxyl groups excluding tert-OH is 1. The molecule has 0 radical (unpaired) electrons. The van der Waals surface area contributed by atoms with Crippen molar-refractivity contribution >= 4 is 35.2 Å². The number of hydrogen-bond donors (Lipinski definition) is 9. The highest BCUT2D eigenvalue weighted by Crippen LogP contribution is 2.11. The second-order valence-corrected chi connectivity index (χ2v) is 12.6. The van der Waals surface area contributed by atoms with Crippen LogP contribution in [0.4, 0.5) is 0 Å². The number of phenols is 1. The quantitative estimate of drug-likeness (QED) is 0.0300. The lowest BCUT2D eigenvalue weighted by Gasteiger charge is -2.21.